The van der Waals surface area contributed by atoms with E-state index in [2.05, 4.69) is 0 Å². The Morgan fingerprint density at radius 1 is 0.900 bits per heavy atom. The summed E-state index contributed by atoms with van der Waals surface area (Å²) in [6.07, 6.45) is 0. The van der Waals surface area contributed by atoms with Crippen molar-refractivity contribution >= 4 is 33.2 Å². The van der Waals surface area contributed by atoms with Crippen molar-refractivity contribution in [2.24, 2.45) is 0 Å². The lowest BCUT2D eigenvalue weighted by atomic mass is 10.2. The highest BCUT2D eigenvalue weighted by molar-refractivity contribution is 7.89. The molecule has 0 unspecified atom stereocenters. The highest BCUT2D eigenvalue weighted by Gasteiger charge is 2.36. The number of hydrogen-bond donors (Lipinski definition) is 0. The zero-order chi connectivity index (χ0) is 21.3. The van der Waals surface area contributed by atoms with Gasteiger partial charge in [-0.1, -0.05) is 48.0 Å². The van der Waals surface area contributed by atoms with Crippen LogP contribution in [0.5, 0.6) is 0 Å². The minimum atomic E-state index is -3.94. The fraction of sp³-hybridized carbons (Fsp3) is 0.136. The maximum absolute atomic E-state index is 13.6. The molecule has 0 aromatic heterocycles. The molecular weight excluding hydrogens is 427 g/mol. The van der Waals surface area contributed by atoms with E-state index >= 15 is 0 Å². The molecule has 1 amide bonds. The Morgan fingerprint density at radius 3 is 2.33 bits per heavy atom. The third kappa shape index (κ3) is 4.09. The Balaban J connectivity index is 1.75. The number of rotatable bonds is 4. The van der Waals surface area contributed by atoms with Crippen molar-refractivity contribution in [3.05, 3.63) is 94.8 Å². The highest BCUT2D eigenvalue weighted by Crippen LogP contribution is 2.33. The summed E-state index contributed by atoms with van der Waals surface area (Å²) in [5.41, 5.74) is 1.52. The van der Waals surface area contributed by atoms with Crippen molar-refractivity contribution in [2.45, 2.75) is 18.0 Å². The summed E-state index contributed by atoms with van der Waals surface area (Å²) in [6.45, 7) is -0.260. The maximum Gasteiger partial charge on any atom is 0.245 e. The van der Waals surface area contributed by atoms with Gasteiger partial charge in [0.25, 0.3) is 0 Å². The van der Waals surface area contributed by atoms with Crippen LogP contribution in [-0.2, 0) is 27.9 Å². The van der Waals surface area contributed by atoms with E-state index in [1.165, 1.54) is 23.1 Å². The molecule has 0 saturated heterocycles. The van der Waals surface area contributed by atoms with Crippen molar-refractivity contribution in [1.82, 2.24) is 4.31 Å². The number of sulfonamides is 1. The van der Waals surface area contributed by atoms with E-state index in [1.54, 1.807) is 54.6 Å². The molecule has 0 bridgehead atoms. The van der Waals surface area contributed by atoms with Gasteiger partial charge in [0.15, 0.2) is 0 Å². The van der Waals surface area contributed by atoms with Crippen LogP contribution in [0.2, 0.25) is 5.02 Å². The highest BCUT2D eigenvalue weighted by atomic mass is 35.5. The number of fused-ring (bicyclic) bond motifs is 1. The quantitative estimate of drug-likeness (QED) is 0.605. The van der Waals surface area contributed by atoms with E-state index in [-0.39, 0.29) is 30.2 Å². The Morgan fingerprint density at radius 2 is 1.60 bits per heavy atom. The summed E-state index contributed by atoms with van der Waals surface area (Å²) in [6, 6.07) is 19.1. The number of benzene rings is 3. The lowest BCUT2D eigenvalue weighted by molar-refractivity contribution is -0.119. The average Bonchev–Trinajstić information content (AvgIpc) is 2.78. The second-order valence-corrected chi connectivity index (χ2v) is 9.32. The molecule has 30 heavy (non-hydrogen) atoms. The number of anilines is 1. The van der Waals surface area contributed by atoms with Crippen LogP contribution < -0.4 is 4.90 Å². The molecule has 1 aliphatic rings. The van der Waals surface area contributed by atoms with E-state index in [1.807, 2.05) is 0 Å². The van der Waals surface area contributed by atoms with Gasteiger partial charge in [-0.15, -0.1) is 0 Å². The van der Waals surface area contributed by atoms with Crippen LogP contribution in [0.15, 0.2) is 77.7 Å². The third-order valence-corrected chi connectivity index (χ3v) is 6.94. The van der Waals surface area contributed by atoms with Gasteiger partial charge in [-0.05, 0) is 47.5 Å². The SMILES string of the molecule is O=C1CN(Cc2cccc(Cl)c2)S(=O)(=O)c2ccccc2N1Cc1cccc(F)c1. The first-order valence-electron chi connectivity index (χ1n) is 9.23. The van der Waals surface area contributed by atoms with Gasteiger partial charge in [0.2, 0.25) is 15.9 Å². The number of carbonyl (C=O) groups excluding carboxylic acids is 1. The number of hydrogen-bond acceptors (Lipinski definition) is 3. The topological polar surface area (TPSA) is 57.7 Å². The summed E-state index contributed by atoms with van der Waals surface area (Å²) in [5, 5.41) is 0.485. The molecule has 0 saturated carbocycles. The fourth-order valence-corrected chi connectivity index (χ4v) is 5.25. The molecule has 3 aromatic rings. The first kappa shape index (κ1) is 20.5. The van der Waals surface area contributed by atoms with Gasteiger partial charge >= 0.3 is 0 Å². The largest absolute Gasteiger partial charge is 0.305 e. The van der Waals surface area contributed by atoms with Crippen LogP contribution in [0.3, 0.4) is 0 Å². The van der Waals surface area contributed by atoms with Crippen molar-refractivity contribution in [2.75, 3.05) is 11.4 Å². The molecule has 5 nitrogen and oxygen atoms in total. The van der Waals surface area contributed by atoms with E-state index in [4.69, 9.17) is 11.6 Å². The van der Waals surface area contributed by atoms with Crippen LogP contribution >= 0.6 is 11.6 Å². The Kier molecular flexibility index (Phi) is 5.60. The van der Waals surface area contributed by atoms with Crippen LogP contribution in [0.4, 0.5) is 10.1 Å². The van der Waals surface area contributed by atoms with Gasteiger partial charge in [0.1, 0.15) is 10.7 Å². The lowest BCUT2D eigenvalue weighted by Crippen LogP contribution is -2.38. The molecule has 0 radical (unpaired) electrons. The molecular formula is C22H18ClFN2O3S. The number of nitrogens with zero attached hydrogens (tertiary/aromatic N) is 2. The molecule has 4 rings (SSSR count). The van der Waals surface area contributed by atoms with Gasteiger partial charge in [-0.25, -0.2) is 12.8 Å². The van der Waals surface area contributed by atoms with Crippen LogP contribution in [0.25, 0.3) is 0 Å². The number of amides is 1. The Hall–Kier alpha value is -2.74. The van der Waals surface area contributed by atoms with Gasteiger partial charge < -0.3 is 4.90 Å². The van der Waals surface area contributed by atoms with Crippen molar-refractivity contribution < 1.29 is 17.6 Å². The smallest absolute Gasteiger partial charge is 0.245 e. The van der Waals surface area contributed by atoms with Gasteiger partial charge in [-0.3, -0.25) is 4.79 Å². The molecule has 0 fully saturated rings. The first-order chi connectivity index (χ1) is 14.3. The van der Waals surface area contributed by atoms with E-state index < -0.39 is 21.7 Å². The standard InChI is InChI=1S/C22H18ClFN2O3S/c23-18-7-3-5-16(11-18)13-25-15-22(27)26(14-17-6-4-8-19(24)12-17)20-9-1-2-10-21(20)30(25,28)29/h1-12H,13-15H2. The minimum Gasteiger partial charge on any atom is -0.305 e. The fourth-order valence-electron chi connectivity index (χ4n) is 3.46. The second-order valence-electron chi connectivity index (χ2n) is 6.98. The van der Waals surface area contributed by atoms with Gasteiger partial charge in [-0.2, -0.15) is 4.31 Å². The monoisotopic (exact) mass is 444 g/mol. The zero-order valence-electron chi connectivity index (χ0n) is 15.8. The summed E-state index contributed by atoms with van der Waals surface area (Å²) in [4.78, 5) is 14.5. The molecule has 0 N–H and O–H groups in total. The van der Waals surface area contributed by atoms with Gasteiger partial charge in [0, 0.05) is 11.6 Å². The Labute approximate surface area is 179 Å². The molecule has 1 aliphatic heterocycles. The molecule has 3 aromatic carbocycles. The molecule has 0 aliphatic carbocycles. The van der Waals surface area contributed by atoms with E-state index in [0.29, 0.717) is 16.1 Å². The molecule has 154 valence electrons. The molecule has 0 atom stereocenters. The predicted molar refractivity (Wildman–Crippen MR) is 113 cm³/mol. The minimum absolute atomic E-state index is 0.0107. The van der Waals surface area contributed by atoms with Crippen molar-refractivity contribution in [3.63, 3.8) is 0 Å². The first-order valence-corrected chi connectivity index (χ1v) is 11.0. The maximum atomic E-state index is 13.6. The predicted octanol–water partition coefficient (Wildman–Crippen LogP) is 4.22. The van der Waals surface area contributed by atoms with E-state index in [9.17, 15) is 17.6 Å². The number of carbonyl (C=O) groups is 1. The normalized spacial score (nSPS) is 16.2. The Bertz CT molecular complexity index is 1220. The summed E-state index contributed by atoms with van der Waals surface area (Å²) in [7, 11) is -3.94. The summed E-state index contributed by atoms with van der Waals surface area (Å²) < 4.78 is 41.5. The van der Waals surface area contributed by atoms with Crippen LogP contribution in [-0.4, -0.2) is 25.2 Å². The average molecular weight is 445 g/mol. The summed E-state index contributed by atoms with van der Waals surface area (Å²) >= 11 is 6.03. The van der Waals surface area contributed by atoms with Gasteiger partial charge in [0.05, 0.1) is 18.8 Å². The van der Waals surface area contributed by atoms with Crippen molar-refractivity contribution in [1.29, 1.82) is 0 Å². The molecule has 0 spiro atoms. The van der Waals surface area contributed by atoms with E-state index in [0.717, 1.165) is 4.31 Å². The van der Waals surface area contributed by atoms with Crippen LogP contribution in [0, 0.1) is 5.82 Å². The zero-order valence-corrected chi connectivity index (χ0v) is 17.4. The van der Waals surface area contributed by atoms with Crippen molar-refractivity contribution in [3.8, 4) is 0 Å². The number of para-hydroxylation sites is 1. The lowest BCUT2D eigenvalue weighted by Gasteiger charge is -2.22. The summed E-state index contributed by atoms with van der Waals surface area (Å²) in [5.74, 6) is -0.812. The third-order valence-electron chi connectivity index (χ3n) is 4.86. The van der Waals surface area contributed by atoms with Crippen LogP contribution in [0.1, 0.15) is 11.1 Å². The molecule has 8 heteroatoms. The second kappa shape index (κ2) is 8.18. The molecule has 1 heterocycles. The number of halogens is 2.